The standard InChI is InChI=1S/C22H33NO4/c1-5-9-19(24)18(11-8-6-7-10-16(2)3)22(26)23-15-17-12-13-20(25)21(14-17)27-4/h7,10,12-14,16,18,25H,5-6,8-9,11,15H2,1-4H3,(H,23,26)/b10-7+. The molecule has 0 radical (unpaired) electrons. The van der Waals surface area contributed by atoms with Crippen LogP contribution in [0.3, 0.4) is 0 Å². The number of allylic oxidation sites excluding steroid dienone is 2. The maximum absolute atomic E-state index is 12.6. The van der Waals surface area contributed by atoms with Crippen molar-refractivity contribution in [3.8, 4) is 11.5 Å². The number of rotatable bonds is 12. The molecule has 1 rings (SSSR count). The van der Waals surface area contributed by atoms with Crippen LogP contribution in [0, 0.1) is 11.8 Å². The number of hydrogen-bond acceptors (Lipinski definition) is 4. The van der Waals surface area contributed by atoms with E-state index in [1.165, 1.54) is 13.2 Å². The van der Waals surface area contributed by atoms with Crippen LogP contribution >= 0.6 is 0 Å². The highest BCUT2D eigenvalue weighted by Crippen LogP contribution is 2.26. The van der Waals surface area contributed by atoms with Gasteiger partial charge in [-0.3, -0.25) is 9.59 Å². The molecule has 1 amide bonds. The van der Waals surface area contributed by atoms with Gasteiger partial charge in [-0.15, -0.1) is 0 Å². The van der Waals surface area contributed by atoms with E-state index in [0.29, 0.717) is 31.1 Å². The number of carbonyl (C=O) groups is 2. The lowest BCUT2D eigenvalue weighted by atomic mass is 9.93. The molecule has 0 fully saturated rings. The zero-order valence-corrected chi connectivity index (χ0v) is 17.0. The second-order valence-electron chi connectivity index (χ2n) is 7.10. The van der Waals surface area contributed by atoms with E-state index in [0.717, 1.165) is 24.8 Å². The third kappa shape index (κ3) is 8.29. The highest BCUT2D eigenvalue weighted by Gasteiger charge is 2.24. The Balaban J connectivity index is 2.65. The van der Waals surface area contributed by atoms with Gasteiger partial charge in [0.15, 0.2) is 11.5 Å². The van der Waals surface area contributed by atoms with Crippen LogP contribution in [-0.2, 0) is 16.1 Å². The first-order valence-corrected chi connectivity index (χ1v) is 9.72. The number of amides is 1. The number of carbonyl (C=O) groups excluding carboxylic acids is 2. The molecule has 5 nitrogen and oxygen atoms in total. The Bertz CT molecular complexity index is 637. The Morgan fingerprint density at radius 2 is 2.04 bits per heavy atom. The molecule has 0 saturated carbocycles. The maximum Gasteiger partial charge on any atom is 0.230 e. The van der Waals surface area contributed by atoms with Gasteiger partial charge in [0.05, 0.1) is 13.0 Å². The zero-order valence-electron chi connectivity index (χ0n) is 17.0. The average Bonchev–Trinajstić information content (AvgIpc) is 2.63. The lowest BCUT2D eigenvalue weighted by molar-refractivity contribution is -0.134. The summed E-state index contributed by atoms with van der Waals surface area (Å²) in [7, 11) is 1.48. The minimum atomic E-state index is -0.601. The summed E-state index contributed by atoms with van der Waals surface area (Å²) in [6.07, 6.45) is 7.66. The normalized spacial score (nSPS) is 12.3. The molecule has 0 aliphatic rings. The molecule has 0 aliphatic carbocycles. The number of phenols is 1. The first kappa shape index (κ1) is 22.7. The molecule has 0 aromatic heterocycles. The van der Waals surface area contributed by atoms with Crippen molar-refractivity contribution in [3.05, 3.63) is 35.9 Å². The molecule has 0 spiro atoms. The van der Waals surface area contributed by atoms with Gasteiger partial charge in [-0.05, 0) is 49.3 Å². The molecule has 0 heterocycles. The molecule has 0 bridgehead atoms. The van der Waals surface area contributed by atoms with Crippen molar-refractivity contribution in [3.63, 3.8) is 0 Å². The van der Waals surface area contributed by atoms with Crippen molar-refractivity contribution >= 4 is 11.7 Å². The monoisotopic (exact) mass is 375 g/mol. The van der Waals surface area contributed by atoms with Gasteiger partial charge >= 0.3 is 0 Å². The molecule has 2 N–H and O–H groups in total. The fraction of sp³-hybridized carbons (Fsp3) is 0.545. The summed E-state index contributed by atoms with van der Waals surface area (Å²) in [6.45, 7) is 6.48. The molecular weight excluding hydrogens is 342 g/mol. The van der Waals surface area contributed by atoms with Crippen molar-refractivity contribution in [1.82, 2.24) is 5.32 Å². The number of Topliss-reactive ketones (excluding diaryl/α,β-unsaturated/α-hetero) is 1. The van der Waals surface area contributed by atoms with E-state index in [1.54, 1.807) is 12.1 Å². The van der Waals surface area contributed by atoms with Gasteiger partial charge in [0.25, 0.3) is 0 Å². The van der Waals surface area contributed by atoms with Crippen LogP contribution < -0.4 is 10.1 Å². The lowest BCUT2D eigenvalue weighted by Gasteiger charge is -2.16. The van der Waals surface area contributed by atoms with Crippen molar-refractivity contribution in [2.45, 2.75) is 59.4 Å². The van der Waals surface area contributed by atoms with Gasteiger partial charge in [-0.25, -0.2) is 0 Å². The topological polar surface area (TPSA) is 75.6 Å². The van der Waals surface area contributed by atoms with Crippen LogP contribution in [0.2, 0.25) is 0 Å². The Labute approximate surface area is 162 Å². The van der Waals surface area contributed by atoms with Crippen LogP contribution in [0.15, 0.2) is 30.4 Å². The zero-order chi connectivity index (χ0) is 20.2. The average molecular weight is 376 g/mol. The smallest absolute Gasteiger partial charge is 0.230 e. The fourth-order valence-electron chi connectivity index (χ4n) is 2.81. The molecule has 1 aromatic rings. The number of methoxy groups -OCH3 is 1. The van der Waals surface area contributed by atoms with Crippen molar-refractivity contribution in [1.29, 1.82) is 0 Å². The Hall–Kier alpha value is -2.30. The summed E-state index contributed by atoms with van der Waals surface area (Å²) in [5, 5.41) is 12.5. The molecule has 27 heavy (non-hydrogen) atoms. The van der Waals surface area contributed by atoms with Crippen molar-refractivity contribution < 1.29 is 19.4 Å². The molecule has 5 heteroatoms. The first-order valence-electron chi connectivity index (χ1n) is 9.72. The molecule has 1 aromatic carbocycles. The second kappa shape index (κ2) is 12.2. The van der Waals surface area contributed by atoms with Crippen LogP contribution in [0.4, 0.5) is 0 Å². The Morgan fingerprint density at radius 1 is 1.30 bits per heavy atom. The van der Waals surface area contributed by atoms with E-state index < -0.39 is 5.92 Å². The van der Waals surface area contributed by atoms with Gasteiger partial charge in [-0.1, -0.05) is 39.0 Å². The van der Waals surface area contributed by atoms with Gasteiger partial charge in [0, 0.05) is 13.0 Å². The van der Waals surface area contributed by atoms with E-state index in [-0.39, 0.29) is 17.4 Å². The first-order chi connectivity index (χ1) is 12.9. The highest BCUT2D eigenvalue weighted by atomic mass is 16.5. The summed E-state index contributed by atoms with van der Waals surface area (Å²) < 4.78 is 5.08. The molecule has 1 atom stereocenters. The molecule has 0 saturated heterocycles. The number of benzene rings is 1. The lowest BCUT2D eigenvalue weighted by Crippen LogP contribution is -2.35. The quantitative estimate of drug-likeness (QED) is 0.323. The summed E-state index contributed by atoms with van der Waals surface area (Å²) in [5.74, 6) is 0.0966. The van der Waals surface area contributed by atoms with E-state index >= 15 is 0 Å². The van der Waals surface area contributed by atoms with E-state index in [2.05, 4.69) is 31.3 Å². The number of aromatic hydroxyl groups is 1. The number of hydrogen-bond donors (Lipinski definition) is 2. The van der Waals surface area contributed by atoms with Gasteiger partial charge in [0.2, 0.25) is 5.91 Å². The number of phenolic OH excluding ortho intramolecular Hbond substituents is 1. The van der Waals surface area contributed by atoms with Crippen LogP contribution in [0.25, 0.3) is 0 Å². The largest absolute Gasteiger partial charge is 0.504 e. The van der Waals surface area contributed by atoms with Gasteiger partial charge < -0.3 is 15.2 Å². The summed E-state index contributed by atoms with van der Waals surface area (Å²) in [5.41, 5.74) is 0.805. The second-order valence-corrected chi connectivity index (χ2v) is 7.10. The predicted molar refractivity (Wildman–Crippen MR) is 108 cm³/mol. The third-order valence-corrected chi connectivity index (χ3v) is 4.30. The maximum atomic E-state index is 12.6. The highest BCUT2D eigenvalue weighted by molar-refractivity contribution is 6.01. The minimum Gasteiger partial charge on any atom is -0.504 e. The summed E-state index contributed by atoms with van der Waals surface area (Å²) >= 11 is 0. The summed E-state index contributed by atoms with van der Waals surface area (Å²) in [6, 6.07) is 4.92. The number of unbranched alkanes of at least 4 members (excludes halogenated alkanes) is 1. The van der Waals surface area contributed by atoms with Crippen LogP contribution in [0.5, 0.6) is 11.5 Å². The van der Waals surface area contributed by atoms with Gasteiger partial charge in [0.1, 0.15) is 5.78 Å². The molecule has 1 unspecified atom stereocenters. The fourth-order valence-corrected chi connectivity index (χ4v) is 2.81. The Morgan fingerprint density at radius 3 is 2.67 bits per heavy atom. The number of ketones is 1. The van der Waals surface area contributed by atoms with Crippen molar-refractivity contribution in [2.24, 2.45) is 11.8 Å². The number of ether oxygens (including phenoxy) is 1. The Kier molecular flexibility index (Phi) is 10.2. The van der Waals surface area contributed by atoms with E-state index in [1.807, 2.05) is 6.92 Å². The SMILES string of the molecule is CCCC(=O)C(CCC/C=C/C(C)C)C(=O)NCc1ccc(O)c(OC)c1. The molecule has 0 aliphatic heterocycles. The third-order valence-electron chi connectivity index (χ3n) is 4.30. The van der Waals surface area contributed by atoms with Crippen molar-refractivity contribution in [2.75, 3.05) is 7.11 Å². The van der Waals surface area contributed by atoms with Crippen LogP contribution in [-0.4, -0.2) is 23.9 Å². The van der Waals surface area contributed by atoms with E-state index in [9.17, 15) is 14.7 Å². The molecule has 150 valence electrons. The van der Waals surface area contributed by atoms with Gasteiger partial charge in [-0.2, -0.15) is 0 Å². The van der Waals surface area contributed by atoms with Crippen LogP contribution in [0.1, 0.15) is 58.4 Å². The number of nitrogens with one attached hydrogen (secondary N) is 1. The predicted octanol–water partition coefficient (Wildman–Crippen LogP) is 4.38. The molecular formula is C22H33NO4. The van der Waals surface area contributed by atoms with E-state index in [4.69, 9.17) is 4.74 Å². The summed E-state index contributed by atoms with van der Waals surface area (Å²) in [4.78, 5) is 25.0. The minimum absolute atomic E-state index is 0.00567.